The second-order valence-electron chi connectivity index (χ2n) is 6.90. The van der Waals surface area contributed by atoms with Gasteiger partial charge in [-0.3, -0.25) is 4.79 Å². The summed E-state index contributed by atoms with van der Waals surface area (Å²) < 4.78 is 0. The molecule has 0 aromatic heterocycles. The van der Waals surface area contributed by atoms with Gasteiger partial charge in [0.1, 0.15) is 0 Å². The summed E-state index contributed by atoms with van der Waals surface area (Å²) in [7, 11) is 0. The predicted octanol–water partition coefficient (Wildman–Crippen LogP) is 3.15. The van der Waals surface area contributed by atoms with Gasteiger partial charge in [-0.25, -0.2) is 4.79 Å². The topological polar surface area (TPSA) is 61.4 Å². The Morgan fingerprint density at radius 2 is 2.00 bits per heavy atom. The molecule has 3 rings (SSSR count). The van der Waals surface area contributed by atoms with Gasteiger partial charge in [-0.05, 0) is 56.2 Å². The highest BCUT2D eigenvalue weighted by molar-refractivity contribution is 5.97. The molecule has 1 aromatic carbocycles. The van der Waals surface area contributed by atoms with Gasteiger partial charge in [0.25, 0.3) is 5.91 Å². The Labute approximate surface area is 137 Å². The van der Waals surface area contributed by atoms with Crippen LogP contribution in [-0.4, -0.2) is 36.0 Å². The van der Waals surface area contributed by atoms with E-state index in [0.717, 1.165) is 43.6 Å². The van der Waals surface area contributed by atoms with Crippen LogP contribution in [0.1, 0.15) is 48.5 Å². The first kappa shape index (κ1) is 15.8. The number of benzene rings is 1. The minimum absolute atomic E-state index is 0.0606. The van der Waals surface area contributed by atoms with Crippen LogP contribution in [0.5, 0.6) is 0 Å². The van der Waals surface area contributed by atoms with E-state index in [-0.39, 0.29) is 11.9 Å². The SMILES string of the molecule is Cc1ccc(C(=O)NC2CC2)cc1NC(=O)N1CCCC(C)C1. The summed E-state index contributed by atoms with van der Waals surface area (Å²) in [6.07, 6.45) is 4.36. The Kier molecular flexibility index (Phi) is 4.55. The summed E-state index contributed by atoms with van der Waals surface area (Å²) in [5.41, 5.74) is 2.29. The standard InChI is InChI=1S/C18H25N3O2/c1-12-4-3-9-21(11-12)18(23)20-16-10-14(6-5-13(16)2)17(22)19-15-7-8-15/h5-6,10,12,15H,3-4,7-9,11H2,1-2H3,(H,19,22)(H,20,23). The Balaban J connectivity index is 1.68. The van der Waals surface area contributed by atoms with Gasteiger partial charge in [0.05, 0.1) is 0 Å². The number of piperidine rings is 1. The van der Waals surface area contributed by atoms with Crippen LogP contribution in [0.25, 0.3) is 0 Å². The molecule has 2 aliphatic rings. The molecule has 1 unspecified atom stereocenters. The van der Waals surface area contributed by atoms with Crippen molar-refractivity contribution in [2.45, 2.75) is 45.6 Å². The molecule has 1 atom stereocenters. The summed E-state index contributed by atoms with van der Waals surface area (Å²) in [6.45, 7) is 5.72. The summed E-state index contributed by atoms with van der Waals surface area (Å²) in [5, 5.41) is 5.95. The molecular weight excluding hydrogens is 290 g/mol. The van der Waals surface area contributed by atoms with Crippen LogP contribution in [-0.2, 0) is 0 Å². The fraction of sp³-hybridized carbons (Fsp3) is 0.556. The van der Waals surface area contributed by atoms with Crippen molar-refractivity contribution < 1.29 is 9.59 Å². The van der Waals surface area contributed by atoms with Crippen molar-refractivity contribution in [3.63, 3.8) is 0 Å². The first-order valence-electron chi connectivity index (χ1n) is 8.50. The number of nitrogens with one attached hydrogen (secondary N) is 2. The molecule has 0 radical (unpaired) electrons. The Hall–Kier alpha value is -2.04. The summed E-state index contributed by atoms with van der Waals surface area (Å²) in [4.78, 5) is 26.5. The van der Waals surface area contributed by atoms with E-state index in [1.54, 1.807) is 6.07 Å². The molecule has 5 nitrogen and oxygen atoms in total. The first-order valence-corrected chi connectivity index (χ1v) is 8.50. The van der Waals surface area contributed by atoms with E-state index in [1.165, 1.54) is 6.42 Å². The number of aryl methyl sites for hydroxylation is 1. The maximum Gasteiger partial charge on any atom is 0.321 e. The molecular formula is C18H25N3O2. The van der Waals surface area contributed by atoms with Gasteiger partial charge in [0.15, 0.2) is 0 Å². The number of carbonyl (C=O) groups is 2. The zero-order valence-corrected chi connectivity index (χ0v) is 13.9. The van der Waals surface area contributed by atoms with Crippen LogP contribution >= 0.6 is 0 Å². The third-order valence-corrected chi connectivity index (χ3v) is 4.60. The zero-order chi connectivity index (χ0) is 16.4. The fourth-order valence-electron chi connectivity index (χ4n) is 2.96. The van der Waals surface area contributed by atoms with Crippen molar-refractivity contribution in [1.29, 1.82) is 0 Å². The van der Waals surface area contributed by atoms with Crippen LogP contribution in [0, 0.1) is 12.8 Å². The van der Waals surface area contributed by atoms with Crippen molar-refractivity contribution in [3.05, 3.63) is 29.3 Å². The van der Waals surface area contributed by atoms with Crippen LogP contribution in [0.4, 0.5) is 10.5 Å². The molecule has 23 heavy (non-hydrogen) atoms. The molecule has 0 bridgehead atoms. The van der Waals surface area contributed by atoms with Gasteiger partial charge >= 0.3 is 6.03 Å². The zero-order valence-electron chi connectivity index (χ0n) is 13.9. The fourth-order valence-corrected chi connectivity index (χ4v) is 2.96. The molecule has 1 heterocycles. The minimum atomic E-state index is -0.0700. The Bertz CT molecular complexity index is 610. The van der Waals surface area contributed by atoms with Crippen molar-refractivity contribution in [2.75, 3.05) is 18.4 Å². The maximum atomic E-state index is 12.4. The van der Waals surface area contributed by atoms with Crippen LogP contribution < -0.4 is 10.6 Å². The van der Waals surface area contributed by atoms with Gasteiger partial charge in [0.2, 0.25) is 0 Å². The smallest absolute Gasteiger partial charge is 0.321 e. The van der Waals surface area contributed by atoms with E-state index in [1.807, 2.05) is 24.0 Å². The molecule has 0 spiro atoms. The van der Waals surface area contributed by atoms with Crippen molar-refractivity contribution in [2.24, 2.45) is 5.92 Å². The lowest BCUT2D eigenvalue weighted by molar-refractivity contribution is 0.0951. The Morgan fingerprint density at radius 3 is 2.70 bits per heavy atom. The largest absolute Gasteiger partial charge is 0.349 e. The number of rotatable bonds is 3. The first-order chi connectivity index (χ1) is 11.0. The van der Waals surface area contributed by atoms with E-state index in [2.05, 4.69) is 17.6 Å². The minimum Gasteiger partial charge on any atom is -0.349 e. The second-order valence-corrected chi connectivity index (χ2v) is 6.90. The maximum absolute atomic E-state index is 12.4. The number of anilines is 1. The van der Waals surface area contributed by atoms with Crippen molar-refractivity contribution in [1.82, 2.24) is 10.2 Å². The van der Waals surface area contributed by atoms with Gasteiger partial charge in [-0.15, -0.1) is 0 Å². The number of hydrogen-bond acceptors (Lipinski definition) is 2. The summed E-state index contributed by atoms with van der Waals surface area (Å²) >= 11 is 0. The average Bonchev–Trinajstić information content (AvgIpc) is 3.33. The summed E-state index contributed by atoms with van der Waals surface area (Å²) in [6, 6.07) is 5.73. The normalized spacial score (nSPS) is 21.0. The predicted molar refractivity (Wildman–Crippen MR) is 90.7 cm³/mol. The van der Waals surface area contributed by atoms with Crippen LogP contribution in [0.2, 0.25) is 0 Å². The molecule has 1 aliphatic carbocycles. The number of urea groups is 1. The molecule has 124 valence electrons. The van der Waals surface area contributed by atoms with Gasteiger partial charge in [-0.1, -0.05) is 13.0 Å². The number of likely N-dealkylation sites (tertiary alicyclic amines) is 1. The highest BCUT2D eigenvalue weighted by Gasteiger charge is 2.24. The van der Waals surface area contributed by atoms with E-state index >= 15 is 0 Å². The summed E-state index contributed by atoms with van der Waals surface area (Å²) in [5.74, 6) is 0.487. The van der Waals surface area contributed by atoms with E-state index in [0.29, 0.717) is 17.5 Å². The van der Waals surface area contributed by atoms with E-state index < -0.39 is 0 Å². The van der Waals surface area contributed by atoms with Crippen molar-refractivity contribution in [3.8, 4) is 0 Å². The van der Waals surface area contributed by atoms with Gasteiger partial charge in [-0.2, -0.15) is 0 Å². The molecule has 3 amide bonds. The van der Waals surface area contributed by atoms with Crippen molar-refractivity contribution >= 4 is 17.6 Å². The number of nitrogens with zero attached hydrogens (tertiary/aromatic N) is 1. The molecule has 1 aliphatic heterocycles. The monoisotopic (exact) mass is 315 g/mol. The number of amides is 3. The number of carbonyl (C=O) groups excluding carboxylic acids is 2. The van der Waals surface area contributed by atoms with Crippen LogP contribution in [0.15, 0.2) is 18.2 Å². The molecule has 5 heteroatoms. The van der Waals surface area contributed by atoms with Gasteiger partial charge in [0, 0.05) is 30.4 Å². The lowest BCUT2D eigenvalue weighted by Crippen LogP contribution is -2.41. The van der Waals surface area contributed by atoms with Gasteiger partial charge < -0.3 is 15.5 Å². The third-order valence-electron chi connectivity index (χ3n) is 4.60. The quantitative estimate of drug-likeness (QED) is 0.900. The Morgan fingerprint density at radius 1 is 1.22 bits per heavy atom. The van der Waals surface area contributed by atoms with Crippen LogP contribution in [0.3, 0.4) is 0 Å². The third kappa shape index (κ3) is 4.03. The lowest BCUT2D eigenvalue weighted by Gasteiger charge is -2.31. The molecule has 2 fully saturated rings. The van der Waals surface area contributed by atoms with E-state index in [4.69, 9.17) is 0 Å². The van der Waals surface area contributed by atoms with E-state index in [9.17, 15) is 9.59 Å². The number of hydrogen-bond donors (Lipinski definition) is 2. The molecule has 2 N–H and O–H groups in total. The molecule has 1 saturated carbocycles. The molecule has 1 saturated heterocycles. The second kappa shape index (κ2) is 6.60. The average molecular weight is 315 g/mol. The highest BCUT2D eigenvalue weighted by atomic mass is 16.2. The molecule has 1 aromatic rings. The lowest BCUT2D eigenvalue weighted by atomic mass is 10.0. The highest BCUT2D eigenvalue weighted by Crippen LogP contribution is 2.22.